The van der Waals surface area contributed by atoms with E-state index in [1.54, 1.807) is 21.9 Å². The molecule has 2 heterocycles. The molecule has 1 saturated heterocycles. The van der Waals surface area contributed by atoms with Crippen molar-refractivity contribution < 1.29 is 9.59 Å². The number of nitrogens with zero attached hydrogens (tertiary/aromatic N) is 2. The first-order chi connectivity index (χ1) is 11.5. The molecule has 1 N–H and O–H groups in total. The predicted octanol–water partition coefficient (Wildman–Crippen LogP) is 3.70. The Labute approximate surface area is 149 Å². The molecule has 3 rings (SSSR count). The summed E-state index contributed by atoms with van der Waals surface area (Å²) in [5, 5.41) is 3.32. The zero-order chi connectivity index (χ0) is 17.1. The van der Waals surface area contributed by atoms with Crippen LogP contribution in [-0.4, -0.2) is 47.9 Å². The summed E-state index contributed by atoms with van der Waals surface area (Å²) in [6.07, 6.45) is 0. The van der Waals surface area contributed by atoms with Gasteiger partial charge in [-0.1, -0.05) is 23.7 Å². The number of carbonyl (C=O) groups excluding carboxylic acids is 2. The summed E-state index contributed by atoms with van der Waals surface area (Å²) in [6, 6.07) is 10.7. The topological polar surface area (TPSA) is 52.7 Å². The largest absolute Gasteiger partial charge is 0.334 e. The van der Waals surface area contributed by atoms with Crippen molar-refractivity contribution in [1.29, 1.82) is 0 Å². The number of urea groups is 1. The molecule has 0 unspecified atom stereocenters. The van der Waals surface area contributed by atoms with Crippen LogP contribution < -0.4 is 5.32 Å². The number of halogens is 1. The third kappa shape index (κ3) is 3.71. The van der Waals surface area contributed by atoms with Gasteiger partial charge in [-0.05, 0) is 31.2 Å². The number of thiophene rings is 1. The van der Waals surface area contributed by atoms with Crippen molar-refractivity contribution in [2.45, 2.75) is 6.92 Å². The van der Waals surface area contributed by atoms with Gasteiger partial charge in [-0.25, -0.2) is 4.79 Å². The van der Waals surface area contributed by atoms with Crippen LogP contribution in [0.1, 0.15) is 14.5 Å². The number of anilines is 1. The number of hydrogen-bond acceptors (Lipinski definition) is 3. The molecule has 5 nitrogen and oxygen atoms in total. The molecule has 0 radical (unpaired) electrons. The molecule has 0 atom stereocenters. The maximum absolute atomic E-state index is 12.4. The minimum absolute atomic E-state index is 0.0410. The lowest BCUT2D eigenvalue weighted by Crippen LogP contribution is -2.51. The molecule has 0 saturated carbocycles. The summed E-state index contributed by atoms with van der Waals surface area (Å²) in [5.74, 6) is 0.0410. The molecule has 126 valence electrons. The second-order valence-electron chi connectivity index (χ2n) is 5.60. The van der Waals surface area contributed by atoms with Gasteiger partial charge in [0.25, 0.3) is 5.91 Å². The molecule has 24 heavy (non-hydrogen) atoms. The van der Waals surface area contributed by atoms with E-state index in [9.17, 15) is 9.59 Å². The number of amides is 3. The Morgan fingerprint density at radius 2 is 1.71 bits per heavy atom. The van der Waals surface area contributed by atoms with Crippen molar-refractivity contribution in [2.24, 2.45) is 0 Å². The summed E-state index contributed by atoms with van der Waals surface area (Å²) in [5.41, 5.74) is 0.594. The highest BCUT2D eigenvalue weighted by atomic mass is 35.5. The van der Waals surface area contributed by atoms with Gasteiger partial charge >= 0.3 is 6.03 Å². The zero-order valence-electron chi connectivity index (χ0n) is 13.3. The third-order valence-corrected chi connectivity index (χ3v) is 5.24. The second kappa shape index (κ2) is 7.23. The maximum atomic E-state index is 12.4. The molecular weight excluding hydrogens is 346 g/mol. The Balaban J connectivity index is 1.56. The van der Waals surface area contributed by atoms with Crippen LogP contribution in [0.15, 0.2) is 36.4 Å². The van der Waals surface area contributed by atoms with E-state index >= 15 is 0 Å². The first-order valence-electron chi connectivity index (χ1n) is 7.71. The van der Waals surface area contributed by atoms with E-state index in [2.05, 4.69) is 5.32 Å². The van der Waals surface area contributed by atoms with Crippen LogP contribution in [-0.2, 0) is 0 Å². The smallest absolute Gasteiger partial charge is 0.322 e. The van der Waals surface area contributed by atoms with Crippen molar-refractivity contribution in [1.82, 2.24) is 9.80 Å². The number of hydrogen-bond donors (Lipinski definition) is 1. The van der Waals surface area contributed by atoms with Crippen LogP contribution in [0.4, 0.5) is 10.5 Å². The van der Waals surface area contributed by atoms with Gasteiger partial charge in [-0.2, -0.15) is 0 Å². The van der Waals surface area contributed by atoms with Crippen LogP contribution in [0.5, 0.6) is 0 Å². The molecular formula is C17H18ClN3O2S. The molecule has 1 aliphatic heterocycles. The molecule has 0 spiro atoms. The zero-order valence-corrected chi connectivity index (χ0v) is 14.9. The lowest BCUT2D eigenvalue weighted by atomic mass is 10.3. The lowest BCUT2D eigenvalue weighted by molar-refractivity contribution is 0.0676. The van der Waals surface area contributed by atoms with E-state index in [0.717, 1.165) is 9.75 Å². The van der Waals surface area contributed by atoms with Crippen molar-refractivity contribution >= 4 is 40.6 Å². The maximum Gasteiger partial charge on any atom is 0.322 e. The second-order valence-corrected chi connectivity index (χ2v) is 7.29. The van der Waals surface area contributed by atoms with Gasteiger partial charge < -0.3 is 15.1 Å². The number of aryl methyl sites for hydroxylation is 1. The number of rotatable bonds is 2. The monoisotopic (exact) mass is 363 g/mol. The highest BCUT2D eigenvalue weighted by Gasteiger charge is 2.25. The minimum atomic E-state index is -0.192. The van der Waals surface area contributed by atoms with Gasteiger partial charge in [0.15, 0.2) is 0 Å². The molecule has 1 aromatic heterocycles. The number of piperazine rings is 1. The predicted molar refractivity (Wildman–Crippen MR) is 97.0 cm³/mol. The quantitative estimate of drug-likeness (QED) is 0.884. The summed E-state index contributed by atoms with van der Waals surface area (Å²) >= 11 is 7.56. The van der Waals surface area contributed by atoms with Crippen molar-refractivity contribution in [3.05, 3.63) is 51.2 Å². The van der Waals surface area contributed by atoms with E-state index < -0.39 is 0 Å². The van der Waals surface area contributed by atoms with Gasteiger partial charge in [0.1, 0.15) is 0 Å². The number of benzene rings is 1. The fourth-order valence-electron chi connectivity index (χ4n) is 2.57. The Kier molecular flexibility index (Phi) is 5.06. The summed E-state index contributed by atoms with van der Waals surface area (Å²) in [6.45, 7) is 4.06. The van der Waals surface area contributed by atoms with Crippen LogP contribution in [0, 0.1) is 6.92 Å². The summed E-state index contributed by atoms with van der Waals surface area (Å²) in [4.78, 5) is 30.1. The average Bonchev–Trinajstić information content (AvgIpc) is 3.03. The lowest BCUT2D eigenvalue weighted by Gasteiger charge is -2.34. The summed E-state index contributed by atoms with van der Waals surface area (Å²) in [7, 11) is 0. The number of nitrogens with one attached hydrogen (secondary N) is 1. The molecule has 0 aliphatic carbocycles. The molecule has 7 heteroatoms. The van der Waals surface area contributed by atoms with Crippen molar-refractivity contribution in [2.75, 3.05) is 31.5 Å². The van der Waals surface area contributed by atoms with E-state index in [1.165, 1.54) is 11.3 Å². The highest BCUT2D eigenvalue weighted by Crippen LogP contribution is 2.21. The molecule has 1 fully saturated rings. The number of para-hydroxylation sites is 1. The summed E-state index contributed by atoms with van der Waals surface area (Å²) < 4.78 is 0. The Morgan fingerprint density at radius 1 is 1.04 bits per heavy atom. The van der Waals surface area contributed by atoms with Crippen LogP contribution in [0.25, 0.3) is 0 Å². The Hall–Kier alpha value is -2.05. The standard InChI is InChI=1S/C17H18ClN3O2S/c1-12-6-7-15(24-12)16(22)20-8-10-21(11-9-20)17(23)19-14-5-3-2-4-13(14)18/h2-7H,8-11H2,1H3,(H,19,23). The SMILES string of the molecule is Cc1ccc(C(=O)N2CCN(C(=O)Nc3ccccc3Cl)CC2)s1. The van der Waals surface area contributed by atoms with Crippen molar-refractivity contribution in [3.8, 4) is 0 Å². The van der Waals surface area contributed by atoms with Gasteiger partial charge in [0.05, 0.1) is 15.6 Å². The Bertz CT molecular complexity index is 754. The van der Waals surface area contributed by atoms with Crippen LogP contribution in [0.3, 0.4) is 0 Å². The third-order valence-electron chi connectivity index (χ3n) is 3.92. The first-order valence-corrected chi connectivity index (χ1v) is 8.90. The first kappa shape index (κ1) is 16.8. The fraction of sp³-hybridized carbons (Fsp3) is 0.294. The van der Waals surface area contributed by atoms with E-state index in [1.807, 2.05) is 31.2 Å². The minimum Gasteiger partial charge on any atom is -0.334 e. The van der Waals surface area contributed by atoms with Crippen molar-refractivity contribution in [3.63, 3.8) is 0 Å². The number of carbonyl (C=O) groups is 2. The van der Waals surface area contributed by atoms with Gasteiger partial charge in [0, 0.05) is 31.1 Å². The average molecular weight is 364 g/mol. The van der Waals surface area contributed by atoms with Crippen LogP contribution >= 0.6 is 22.9 Å². The van der Waals surface area contributed by atoms with E-state index in [-0.39, 0.29) is 11.9 Å². The normalized spacial score (nSPS) is 14.6. The van der Waals surface area contributed by atoms with E-state index in [4.69, 9.17) is 11.6 Å². The van der Waals surface area contributed by atoms with Gasteiger partial charge in [0.2, 0.25) is 0 Å². The van der Waals surface area contributed by atoms with Crippen LogP contribution in [0.2, 0.25) is 5.02 Å². The molecule has 1 aliphatic rings. The fourth-order valence-corrected chi connectivity index (χ4v) is 3.59. The van der Waals surface area contributed by atoms with Gasteiger partial charge in [-0.15, -0.1) is 11.3 Å². The van der Waals surface area contributed by atoms with Gasteiger partial charge in [-0.3, -0.25) is 4.79 Å². The Morgan fingerprint density at radius 3 is 2.33 bits per heavy atom. The van der Waals surface area contributed by atoms with E-state index in [0.29, 0.717) is 36.9 Å². The molecule has 1 aromatic carbocycles. The molecule has 0 bridgehead atoms. The highest BCUT2D eigenvalue weighted by molar-refractivity contribution is 7.13. The molecule has 2 aromatic rings. The molecule has 3 amide bonds.